The third kappa shape index (κ3) is 3.33. The second-order valence-corrected chi connectivity index (χ2v) is 6.68. The molecule has 0 amide bonds. The molecule has 1 aliphatic heterocycles. The average Bonchev–Trinajstić information content (AvgIpc) is 3.01. The zero-order chi connectivity index (χ0) is 18.0. The molecule has 25 heavy (non-hydrogen) atoms. The summed E-state index contributed by atoms with van der Waals surface area (Å²) in [6.07, 6.45) is 0.524. The highest BCUT2D eigenvalue weighted by Crippen LogP contribution is 2.43. The van der Waals surface area contributed by atoms with Gasteiger partial charge in [-0.3, -0.25) is 4.84 Å². The molecule has 0 spiro atoms. The highest BCUT2D eigenvalue weighted by atomic mass is 16.7. The highest BCUT2D eigenvalue weighted by Gasteiger charge is 2.49. The number of carbonyl (C=O) groups is 1. The summed E-state index contributed by atoms with van der Waals surface area (Å²) >= 11 is 0. The van der Waals surface area contributed by atoms with Crippen LogP contribution in [0.2, 0.25) is 0 Å². The Hall–Kier alpha value is -2.53. The summed E-state index contributed by atoms with van der Waals surface area (Å²) in [6.45, 7) is 1.78. The molecule has 3 rings (SSSR count). The molecule has 1 fully saturated rings. The standard InChI is InChI=1S/C20H24N2O3/c1-20(19(23)24-4)14-18(15-10-12-16(13-11-15)21(2)3)22(25-20)17-8-6-5-7-9-17/h5-13,18H,14H2,1-4H3/t18-,20-/m1/s1. The average molecular weight is 340 g/mol. The van der Waals surface area contributed by atoms with Crippen molar-refractivity contribution in [1.82, 2.24) is 0 Å². The summed E-state index contributed by atoms with van der Waals surface area (Å²) in [6, 6.07) is 18.1. The third-order valence-electron chi connectivity index (χ3n) is 4.59. The van der Waals surface area contributed by atoms with Gasteiger partial charge in [0, 0.05) is 26.2 Å². The maximum absolute atomic E-state index is 12.3. The third-order valence-corrected chi connectivity index (χ3v) is 4.59. The number of nitrogens with zero attached hydrogens (tertiary/aromatic N) is 2. The lowest BCUT2D eigenvalue weighted by Gasteiger charge is -2.26. The van der Waals surface area contributed by atoms with E-state index in [9.17, 15) is 4.79 Å². The van der Waals surface area contributed by atoms with Gasteiger partial charge in [0.1, 0.15) is 0 Å². The van der Waals surface area contributed by atoms with Crippen LogP contribution in [0, 0.1) is 0 Å². The predicted octanol–water partition coefficient (Wildman–Crippen LogP) is 3.57. The van der Waals surface area contributed by atoms with Crippen LogP contribution in [0.25, 0.3) is 0 Å². The number of hydrogen-bond donors (Lipinski definition) is 0. The van der Waals surface area contributed by atoms with Gasteiger partial charge in [-0.25, -0.2) is 9.86 Å². The van der Waals surface area contributed by atoms with Gasteiger partial charge in [0.05, 0.1) is 18.8 Å². The van der Waals surface area contributed by atoms with Crippen LogP contribution in [0.15, 0.2) is 54.6 Å². The summed E-state index contributed by atoms with van der Waals surface area (Å²) in [5.41, 5.74) is 2.14. The molecule has 2 atom stereocenters. The van der Waals surface area contributed by atoms with Crippen molar-refractivity contribution in [3.05, 3.63) is 60.2 Å². The molecule has 5 heteroatoms. The summed E-state index contributed by atoms with van der Waals surface area (Å²) < 4.78 is 4.96. The number of benzene rings is 2. The van der Waals surface area contributed by atoms with Crippen molar-refractivity contribution >= 4 is 17.3 Å². The van der Waals surface area contributed by atoms with Crippen molar-refractivity contribution in [1.29, 1.82) is 0 Å². The number of hydroxylamine groups is 1. The minimum atomic E-state index is -1.00. The summed E-state index contributed by atoms with van der Waals surface area (Å²) in [5.74, 6) is -0.360. The van der Waals surface area contributed by atoms with Gasteiger partial charge in [0.2, 0.25) is 0 Å². The molecule has 0 bridgehead atoms. The van der Waals surface area contributed by atoms with Gasteiger partial charge in [-0.05, 0) is 36.8 Å². The molecular formula is C20H24N2O3. The molecule has 2 aromatic carbocycles. The molecule has 0 aliphatic carbocycles. The molecule has 5 nitrogen and oxygen atoms in total. The Morgan fingerprint density at radius 2 is 1.80 bits per heavy atom. The Balaban J connectivity index is 1.97. The molecule has 0 aromatic heterocycles. The molecule has 1 aliphatic rings. The molecule has 132 valence electrons. The summed E-state index contributed by atoms with van der Waals surface area (Å²) in [4.78, 5) is 20.4. The smallest absolute Gasteiger partial charge is 0.340 e. The number of methoxy groups -OCH3 is 1. The molecule has 0 radical (unpaired) electrons. The molecule has 2 aromatic rings. The quantitative estimate of drug-likeness (QED) is 0.796. The maximum Gasteiger partial charge on any atom is 0.340 e. The second-order valence-electron chi connectivity index (χ2n) is 6.68. The fourth-order valence-corrected chi connectivity index (χ4v) is 3.16. The number of hydrogen-bond acceptors (Lipinski definition) is 5. The first-order valence-corrected chi connectivity index (χ1v) is 8.34. The van der Waals surface area contributed by atoms with Crippen LogP contribution in [-0.2, 0) is 14.4 Å². The van der Waals surface area contributed by atoms with Crippen LogP contribution < -0.4 is 9.96 Å². The second kappa shape index (κ2) is 6.76. The van der Waals surface area contributed by atoms with E-state index in [1.54, 1.807) is 6.92 Å². The number of carbonyl (C=O) groups excluding carboxylic acids is 1. The molecule has 0 N–H and O–H groups in total. The van der Waals surface area contributed by atoms with E-state index in [-0.39, 0.29) is 12.0 Å². The molecule has 1 heterocycles. The molecule has 0 unspecified atom stereocenters. The van der Waals surface area contributed by atoms with Crippen LogP contribution in [0.5, 0.6) is 0 Å². The SMILES string of the molecule is COC(=O)[C@@]1(C)C[C@H](c2ccc(N(C)C)cc2)N(c2ccccc2)O1. The van der Waals surface area contributed by atoms with Crippen molar-refractivity contribution in [3.63, 3.8) is 0 Å². The minimum absolute atomic E-state index is 0.0669. The van der Waals surface area contributed by atoms with E-state index in [4.69, 9.17) is 9.57 Å². The first-order valence-electron chi connectivity index (χ1n) is 8.34. The van der Waals surface area contributed by atoms with Gasteiger partial charge in [0.15, 0.2) is 5.60 Å². The van der Waals surface area contributed by atoms with E-state index in [1.807, 2.05) is 49.5 Å². The van der Waals surface area contributed by atoms with Crippen LogP contribution in [-0.4, -0.2) is 32.8 Å². The fraction of sp³-hybridized carbons (Fsp3) is 0.350. The Kier molecular flexibility index (Phi) is 4.68. The Morgan fingerprint density at radius 3 is 2.36 bits per heavy atom. The molecule has 0 saturated carbocycles. The largest absolute Gasteiger partial charge is 0.467 e. The molecule has 1 saturated heterocycles. The number of rotatable bonds is 4. The van der Waals surface area contributed by atoms with E-state index in [1.165, 1.54) is 7.11 Å². The van der Waals surface area contributed by atoms with Gasteiger partial charge < -0.3 is 9.64 Å². The van der Waals surface area contributed by atoms with Gasteiger partial charge in [-0.15, -0.1) is 0 Å². The summed E-state index contributed by atoms with van der Waals surface area (Å²) in [7, 11) is 5.42. The number of esters is 1. The zero-order valence-electron chi connectivity index (χ0n) is 15.1. The minimum Gasteiger partial charge on any atom is -0.467 e. The fourth-order valence-electron chi connectivity index (χ4n) is 3.16. The van der Waals surface area contributed by atoms with Crippen LogP contribution in [0.1, 0.15) is 24.9 Å². The Morgan fingerprint density at radius 1 is 1.16 bits per heavy atom. The van der Waals surface area contributed by atoms with Crippen molar-refractivity contribution in [3.8, 4) is 0 Å². The van der Waals surface area contributed by atoms with E-state index < -0.39 is 5.60 Å². The summed E-state index contributed by atoms with van der Waals surface area (Å²) in [5, 5.41) is 1.82. The number of para-hydroxylation sites is 1. The lowest BCUT2D eigenvalue weighted by Crippen LogP contribution is -2.37. The van der Waals surface area contributed by atoms with E-state index in [2.05, 4.69) is 29.2 Å². The Bertz CT molecular complexity index is 730. The van der Waals surface area contributed by atoms with Crippen LogP contribution in [0.4, 0.5) is 11.4 Å². The predicted molar refractivity (Wildman–Crippen MR) is 98.6 cm³/mol. The highest BCUT2D eigenvalue weighted by molar-refractivity contribution is 5.80. The first kappa shape index (κ1) is 17.3. The lowest BCUT2D eigenvalue weighted by molar-refractivity contribution is -0.163. The monoisotopic (exact) mass is 340 g/mol. The van der Waals surface area contributed by atoms with Crippen molar-refractivity contribution in [2.75, 3.05) is 31.2 Å². The first-order chi connectivity index (χ1) is 11.9. The lowest BCUT2D eigenvalue weighted by atomic mass is 9.93. The van der Waals surface area contributed by atoms with Gasteiger partial charge in [-0.2, -0.15) is 0 Å². The van der Waals surface area contributed by atoms with Crippen molar-refractivity contribution in [2.45, 2.75) is 25.0 Å². The van der Waals surface area contributed by atoms with Crippen molar-refractivity contribution < 1.29 is 14.4 Å². The van der Waals surface area contributed by atoms with E-state index in [0.29, 0.717) is 6.42 Å². The Labute approximate surface area is 148 Å². The number of anilines is 2. The van der Waals surface area contributed by atoms with Gasteiger partial charge >= 0.3 is 5.97 Å². The normalized spacial score (nSPS) is 22.7. The zero-order valence-corrected chi connectivity index (χ0v) is 15.1. The molecular weight excluding hydrogens is 316 g/mol. The van der Waals surface area contributed by atoms with Gasteiger partial charge in [-0.1, -0.05) is 30.3 Å². The van der Waals surface area contributed by atoms with Gasteiger partial charge in [0.25, 0.3) is 0 Å². The van der Waals surface area contributed by atoms with E-state index >= 15 is 0 Å². The topological polar surface area (TPSA) is 42.0 Å². The van der Waals surface area contributed by atoms with Crippen molar-refractivity contribution in [2.24, 2.45) is 0 Å². The van der Waals surface area contributed by atoms with E-state index in [0.717, 1.165) is 16.9 Å². The van der Waals surface area contributed by atoms with Crippen LogP contribution >= 0.6 is 0 Å². The maximum atomic E-state index is 12.3. The van der Waals surface area contributed by atoms with Crippen LogP contribution in [0.3, 0.4) is 0 Å². The number of ether oxygens (including phenoxy) is 1.